The van der Waals surface area contributed by atoms with Gasteiger partial charge in [-0.2, -0.15) is 0 Å². The van der Waals surface area contributed by atoms with E-state index in [1.54, 1.807) is 7.11 Å². The van der Waals surface area contributed by atoms with Crippen molar-refractivity contribution in [2.75, 3.05) is 26.8 Å². The first-order valence-corrected chi connectivity index (χ1v) is 7.07. The Labute approximate surface area is 117 Å². The molecule has 0 atom stereocenters. The van der Waals surface area contributed by atoms with Gasteiger partial charge in [0, 0.05) is 31.5 Å². The van der Waals surface area contributed by atoms with Crippen LogP contribution in [0.4, 0.5) is 0 Å². The van der Waals surface area contributed by atoms with Gasteiger partial charge in [0.25, 0.3) is 0 Å². The SMILES string of the molecule is COCCNCCc1c(C)nc(CC(C)C)nc1C. The normalized spacial score (nSPS) is 11.3. The highest BCUT2D eigenvalue weighted by molar-refractivity contribution is 5.24. The average molecular weight is 265 g/mol. The zero-order chi connectivity index (χ0) is 14.3. The summed E-state index contributed by atoms with van der Waals surface area (Å²) in [6, 6.07) is 0. The number of nitrogens with zero attached hydrogens (tertiary/aromatic N) is 2. The van der Waals surface area contributed by atoms with Crippen LogP contribution in [0.1, 0.15) is 36.6 Å². The van der Waals surface area contributed by atoms with Crippen molar-refractivity contribution in [3.8, 4) is 0 Å². The maximum Gasteiger partial charge on any atom is 0.129 e. The highest BCUT2D eigenvalue weighted by atomic mass is 16.5. The Balaban J connectivity index is 2.59. The third-order valence-electron chi connectivity index (χ3n) is 3.09. The molecule has 0 aliphatic rings. The molecule has 1 heterocycles. The summed E-state index contributed by atoms with van der Waals surface area (Å²) in [5, 5.41) is 3.36. The Hall–Kier alpha value is -1.00. The topological polar surface area (TPSA) is 47.0 Å². The Morgan fingerprint density at radius 2 is 1.74 bits per heavy atom. The highest BCUT2D eigenvalue weighted by Gasteiger charge is 2.09. The van der Waals surface area contributed by atoms with E-state index in [9.17, 15) is 0 Å². The predicted octanol–water partition coefficient (Wildman–Crippen LogP) is 2.07. The summed E-state index contributed by atoms with van der Waals surface area (Å²) in [5.41, 5.74) is 3.52. The lowest BCUT2D eigenvalue weighted by molar-refractivity contribution is 0.199. The highest BCUT2D eigenvalue weighted by Crippen LogP contribution is 2.12. The van der Waals surface area contributed by atoms with Crippen LogP contribution in [0.25, 0.3) is 0 Å². The summed E-state index contributed by atoms with van der Waals surface area (Å²) in [5.74, 6) is 1.57. The molecule has 1 N–H and O–H groups in total. The van der Waals surface area contributed by atoms with Crippen LogP contribution in [0, 0.1) is 19.8 Å². The summed E-state index contributed by atoms with van der Waals surface area (Å²) in [4.78, 5) is 9.25. The van der Waals surface area contributed by atoms with Crippen LogP contribution in [-0.4, -0.2) is 36.8 Å². The minimum atomic E-state index is 0.598. The van der Waals surface area contributed by atoms with Gasteiger partial charge >= 0.3 is 0 Å². The van der Waals surface area contributed by atoms with E-state index in [0.717, 1.165) is 49.8 Å². The molecule has 0 fully saturated rings. The fourth-order valence-electron chi connectivity index (χ4n) is 2.14. The molecule has 0 spiro atoms. The van der Waals surface area contributed by atoms with Crippen molar-refractivity contribution in [1.82, 2.24) is 15.3 Å². The summed E-state index contributed by atoms with van der Waals surface area (Å²) >= 11 is 0. The van der Waals surface area contributed by atoms with E-state index in [-0.39, 0.29) is 0 Å². The van der Waals surface area contributed by atoms with E-state index in [4.69, 9.17) is 4.74 Å². The van der Waals surface area contributed by atoms with Crippen LogP contribution < -0.4 is 5.32 Å². The van der Waals surface area contributed by atoms with Gasteiger partial charge < -0.3 is 10.1 Å². The number of methoxy groups -OCH3 is 1. The van der Waals surface area contributed by atoms with Gasteiger partial charge in [-0.15, -0.1) is 0 Å². The number of aromatic nitrogens is 2. The van der Waals surface area contributed by atoms with Crippen LogP contribution in [-0.2, 0) is 17.6 Å². The minimum Gasteiger partial charge on any atom is -0.383 e. The molecular formula is C15H27N3O. The van der Waals surface area contributed by atoms with Crippen LogP contribution >= 0.6 is 0 Å². The van der Waals surface area contributed by atoms with Gasteiger partial charge in [0.1, 0.15) is 5.82 Å². The average Bonchev–Trinajstić information content (AvgIpc) is 2.31. The molecule has 0 unspecified atom stereocenters. The first-order chi connectivity index (χ1) is 9.04. The van der Waals surface area contributed by atoms with Crippen LogP contribution in [0.2, 0.25) is 0 Å². The van der Waals surface area contributed by atoms with Crippen molar-refractivity contribution in [3.63, 3.8) is 0 Å². The summed E-state index contributed by atoms with van der Waals surface area (Å²) < 4.78 is 5.01. The summed E-state index contributed by atoms with van der Waals surface area (Å²) in [6.45, 7) is 11.1. The molecule has 0 amide bonds. The quantitative estimate of drug-likeness (QED) is 0.731. The number of ether oxygens (including phenoxy) is 1. The Bertz CT molecular complexity index is 368. The van der Waals surface area contributed by atoms with Crippen molar-refractivity contribution < 1.29 is 4.74 Å². The third kappa shape index (κ3) is 5.66. The van der Waals surface area contributed by atoms with E-state index in [1.165, 1.54) is 5.56 Å². The van der Waals surface area contributed by atoms with Crippen molar-refractivity contribution >= 4 is 0 Å². The molecule has 108 valence electrons. The monoisotopic (exact) mass is 265 g/mol. The van der Waals surface area contributed by atoms with Gasteiger partial charge in [-0.1, -0.05) is 13.8 Å². The van der Waals surface area contributed by atoms with E-state index in [0.29, 0.717) is 5.92 Å². The number of rotatable bonds is 8. The van der Waals surface area contributed by atoms with Crippen molar-refractivity contribution in [1.29, 1.82) is 0 Å². The maximum absolute atomic E-state index is 5.01. The first-order valence-electron chi connectivity index (χ1n) is 7.07. The molecule has 0 aromatic carbocycles. The van der Waals surface area contributed by atoms with E-state index in [2.05, 4.69) is 43.0 Å². The molecule has 19 heavy (non-hydrogen) atoms. The molecule has 1 aromatic heterocycles. The zero-order valence-corrected chi connectivity index (χ0v) is 12.9. The molecular weight excluding hydrogens is 238 g/mol. The first kappa shape index (κ1) is 16.1. The van der Waals surface area contributed by atoms with Crippen LogP contribution in [0.3, 0.4) is 0 Å². The Kier molecular flexibility index (Phi) is 6.95. The van der Waals surface area contributed by atoms with Crippen LogP contribution in [0.15, 0.2) is 0 Å². The zero-order valence-electron chi connectivity index (χ0n) is 12.9. The van der Waals surface area contributed by atoms with Crippen molar-refractivity contribution in [2.24, 2.45) is 5.92 Å². The second-order valence-corrected chi connectivity index (χ2v) is 5.38. The number of hydrogen-bond donors (Lipinski definition) is 1. The Morgan fingerprint density at radius 3 is 2.26 bits per heavy atom. The van der Waals surface area contributed by atoms with Gasteiger partial charge in [0.2, 0.25) is 0 Å². The molecule has 0 aliphatic carbocycles. The molecule has 0 saturated carbocycles. The van der Waals surface area contributed by atoms with Crippen LogP contribution in [0.5, 0.6) is 0 Å². The number of aryl methyl sites for hydroxylation is 2. The lowest BCUT2D eigenvalue weighted by atomic mass is 10.1. The molecule has 1 rings (SSSR count). The maximum atomic E-state index is 5.01. The Morgan fingerprint density at radius 1 is 1.11 bits per heavy atom. The summed E-state index contributed by atoms with van der Waals surface area (Å²) in [7, 11) is 1.72. The second kappa shape index (κ2) is 8.23. The van der Waals surface area contributed by atoms with Gasteiger partial charge in [-0.05, 0) is 38.3 Å². The van der Waals surface area contributed by atoms with Crippen molar-refractivity contribution in [3.05, 3.63) is 22.8 Å². The molecule has 0 aliphatic heterocycles. The number of hydrogen-bond acceptors (Lipinski definition) is 4. The van der Waals surface area contributed by atoms with E-state index >= 15 is 0 Å². The minimum absolute atomic E-state index is 0.598. The molecule has 1 aromatic rings. The lowest BCUT2D eigenvalue weighted by Gasteiger charge is -2.12. The predicted molar refractivity (Wildman–Crippen MR) is 78.5 cm³/mol. The largest absolute Gasteiger partial charge is 0.383 e. The fraction of sp³-hybridized carbons (Fsp3) is 0.733. The van der Waals surface area contributed by atoms with Crippen molar-refractivity contribution in [2.45, 2.75) is 40.5 Å². The van der Waals surface area contributed by atoms with Gasteiger partial charge in [0.05, 0.1) is 6.61 Å². The molecule has 0 saturated heterocycles. The summed E-state index contributed by atoms with van der Waals surface area (Å²) in [6.07, 6.45) is 1.93. The van der Waals surface area contributed by atoms with E-state index < -0.39 is 0 Å². The molecule has 0 radical (unpaired) electrons. The van der Waals surface area contributed by atoms with Gasteiger partial charge in [-0.25, -0.2) is 9.97 Å². The fourth-order valence-corrected chi connectivity index (χ4v) is 2.14. The molecule has 4 heteroatoms. The second-order valence-electron chi connectivity index (χ2n) is 5.38. The smallest absolute Gasteiger partial charge is 0.129 e. The third-order valence-corrected chi connectivity index (χ3v) is 3.09. The van der Waals surface area contributed by atoms with Gasteiger partial charge in [0.15, 0.2) is 0 Å². The van der Waals surface area contributed by atoms with Gasteiger partial charge in [-0.3, -0.25) is 0 Å². The van der Waals surface area contributed by atoms with E-state index in [1.807, 2.05) is 0 Å². The lowest BCUT2D eigenvalue weighted by Crippen LogP contribution is -2.22. The number of nitrogens with one attached hydrogen (secondary N) is 1. The molecule has 0 bridgehead atoms. The standard InChI is InChI=1S/C15H27N3O/c1-11(2)10-15-17-12(3)14(13(4)18-15)6-7-16-8-9-19-5/h11,16H,6-10H2,1-5H3. The molecule has 4 nitrogen and oxygen atoms in total.